The van der Waals surface area contributed by atoms with Crippen LogP contribution < -0.4 is 15.3 Å². The van der Waals surface area contributed by atoms with Gasteiger partial charge in [0.2, 0.25) is 0 Å². The number of aliphatic carboxylic acids is 3. The van der Waals surface area contributed by atoms with Gasteiger partial charge >= 0.3 is 54.6 Å². The molecule has 0 spiro atoms. The van der Waals surface area contributed by atoms with E-state index in [1.807, 2.05) is 0 Å². The van der Waals surface area contributed by atoms with Gasteiger partial charge in [-0.1, -0.05) is 0 Å². The molecule has 15 heavy (non-hydrogen) atoms. The van der Waals surface area contributed by atoms with E-state index in [4.69, 9.17) is 5.11 Å². The number of carboxylic acid groups (broad SMARTS) is 3. The predicted octanol–water partition coefficient (Wildman–Crippen LogP) is -5.26. The van der Waals surface area contributed by atoms with Crippen LogP contribution in [0.3, 0.4) is 0 Å². The maximum absolute atomic E-state index is 10.1. The maximum Gasteiger partial charge on any atom is 2.00 e. The molecule has 0 rings (SSSR count). The van der Waals surface area contributed by atoms with Gasteiger partial charge < -0.3 is 34.8 Å². The minimum atomic E-state index is -2.97. The molecule has 0 unspecified atom stereocenters. The number of carbonyl (C=O) groups excluding carboxylic acids is 3. The van der Waals surface area contributed by atoms with Crippen molar-refractivity contribution >= 4 is 17.9 Å². The van der Waals surface area contributed by atoms with Crippen molar-refractivity contribution < 1.29 is 89.4 Å². The number of carboxylic acids is 3. The first-order valence-electron chi connectivity index (χ1n) is 3.11. The van der Waals surface area contributed by atoms with E-state index in [0.717, 1.165) is 0 Å². The number of carbonyl (C=O) groups is 3. The third kappa shape index (κ3) is 8.07. The van der Waals surface area contributed by atoms with Gasteiger partial charge in [-0.05, 0) is 0 Å². The van der Waals surface area contributed by atoms with Crippen LogP contribution in [-0.2, 0) is 69.0 Å². The zero-order chi connectivity index (χ0) is 10.6. The van der Waals surface area contributed by atoms with E-state index in [0.29, 0.717) is 0 Å². The van der Waals surface area contributed by atoms with Gasteiger partial charge in [0.15, 0.2) is 0 Å². The third-order valence-electron chi connectivity index (χ3n) is 1.25. The summed E-state index contributed by atoms with van der Waals surface area (Å²) in [6.07, 6.45) is -2.72. The molecule has 0 aromatic heterocycles. The van der Waals surface area contributed by atoms with Crippen LogP contribution in [0.5, 0.6) is 0 Å². The second-order valence-electron chi connectivity index (χ2n) is 2.42. The van der Waals surface area contributed by atoms with E-state index < -0.39 is 36.4 Å². The quantitative estimate of drug-likeness (QED) is 0.444. The Morgan fingerprint density at radius 2 is 1.20 bits per heavy atom. The smallest absolute Gasteiger partial charge is 0.550 e. The van der Waals surface area contributed by atoms with Crippen molar-refractivity contribution in [3.63, 3.8) is 0 Å². The molecule has 1 N–H and O–H groups in total. The summed E-state index contributed by atoms with van der Waals surface area (Å²) in [5.41, 5.74) is -2.97. The van der Waals surface area contributed by atoms with Crippen LogP contribution in [0.15, 0.2) is 0 Å². The number of aliphatic hydroxyl groups is 1. The predicted molar refractivity (Wildman–Crippen MR) is 29.2 cm³/mol. The van der Waals surface area contributed by atoms with Gasteiger partial charge in [-0.15, -0.1) is 0 Å². The van der Waals surface area contributed by atoms with E-state index in [1.54, 1.807) is 0 Å². The van der Waals surface area contributed by atoms with Crippen LogP contribution in [0.2, 0.25) is 0 Å². The van der Waals surface area contributed by atoms with Crippen molar-refractivity contribution in [1.82, 2.24) is 0 Å². The van der Waals surface area contributed by atoms with Crippen LogP contribution in [-0.4, -0.2) is 28.6 Å². The number of rotatable bonds is 5. The van der Waals surface area contributed by atoms with Crippen molar-refractivity contribution in [2.45, 2.75) is 18.4 Å². The minimum absolute atomic E-state index is 0. The maximum atomic E-state index is 10.1. The summed E-state index contributed by atoms with van der Waals surface area (Å²) < 4.78 is 0. The number of hydrogen-bond donors (Lipinski definition) is 1. The first-order chi connectivity index (χ1) is 5.78. The Balaban J connectivity index is -0.000000720. The molecule has 0 saturated heterocycles. The van der Waals surface area contributed by atoms with Crippen molar-refractivity contribution in [1.29, 1.82) is 0 Å². The molecule has 0 aliphatic rings. The Labute approximate surface area is 125 Å². The summed E-state index contributed by atoms with van der Waals surface area (Å²) in [6, 6.07) is 0. The van der Waals surface area contributed by atoms with Crippen LogP contribution in [0.25, 0.3) is 0 Å². The average Bonchev–Trinajstić information content (AvgIpc) is 1.82. The van der Waals surface area contributed by atoms with Crippen molar-refractivity contribution in [2.75, 3.05) is 0 Å². The first kappa shape index (κ1) is 20.6. The van der Waals surface area contributed by atoms with E-state index in [1.165, 1.54) is 0 Å². The van der Waals surface area contributed by atoms with E-state index in [2.05, 4.69) is 0 Å². The minimum Gasteiger partial charge on any atom is -0.550 e. The molecule has 0 radical (unpaired) electrons. The molecular weight excluding hydrogens is 409 g/mol. The van der Waals surface area contributed by atoms with Crippen LogP contribution in [0.1, 0.15) is 12.8 Å². The third-order valence-corrected chi connectivity index (χ3v) is 1.25. The van der Waals surface area contributed by atoms with Gasteiger partial charge in [-0.25, -0.2) is 0 Å². The first-order valence-corrected chi connectivity index (χ1v) is 3.11. The van der Waals surface area contributed by atoms with Crippen LogP contribution in [0, 0.1) is 0 Å². The normalized spacial score (nSPS) is 9.40. The fourth-order valence-electron chi connectivity index (χ4n) is 0.684. The summed E-state index contributed by atoms with van der Waals surface area (Å²) in [7, 11) is 0. The summed E-state index contributed by atoms with van der Waals surface area (Å²) >= 11 is 0. The standard InChI is InChI=1S/C6H8O7.2Cd/c7-3(8)1-6(13,5(11)12)2-4(9)10;;/h13H,1-2H2,(H,7,8)(H,9,10)(H,11,12);;/q;2*+2/p-3. The second kappa shape index (κ2) is 8.38. The molecule has 0 amide bonds. The van der Waals surface area contributed by atoms with Gasteiger partial charge in [0.05, 0.1) is 5.97 Å². The Morgan fingerprint density at radius 1 is 0.933 bits per heavy atom. The van der Waals surface area contributed by atoms with Crippen LogP contribution in [0.4, 0.5) is 0 Å². The Kier molecular flexibility index (Phi) is 11.5. The SMILES string of the molecule is O=C([O-])CC(O)(CC(=O)[O-])C(=O)[O-].[Cd+2].[Cd+2]. The molecule has 0 aliphatic heterocycles. The van der Waals surface area contributed by atoms with Gasteiger partial charge in [0.25, 0.3) is 0 Å². The zero-order valence-corrected chi connectivity index (χ0v) is 15.8. The number of hydrogen-bond acceptors (Lipinski definition) is 7. The molecule has 0 atom stereocenters. The molecule has 0 aliphatic carbocycles. The molecule has 74 valence electrons. The van der Waals surface area contributed by atoms with E-state index in [-0.39, 0.29) is 54.6 Å². The summed E-state index contributed by atoms with van der Waals surface area (Å²) in [5.74, 6) is -5.98. The summed E-state index contributed by atoms with van der Waals surface area (Å²) in [4.78, 5) is 30.0. The molecule has 0 fully saturated rings. The van der Waals surface area contributed by atoms with E-state index >= 15 is 0 Å². The van der Waals surface area contributed by atoms with Crippen LogP contribution >= 0.6 is 0 Å². The van der Waals surface area contributed by atoms with Crippen molar-refractivity contribution in [2.24, 2.45) is 0 Å². The van der Waals surface area contributed by atoms with Gasteiger partial charge in [0.1, 0.15) is 5.60 Å². The van der Waals surface area contributed by atoms with Gasteiger partial charge in [-0.2, -0.15) is 0 Å². The molecule has 0 aromatic rings. The largest absolute Gasteiger partial charge is 2.00 e. The Hall–Kier alpha value is 0.214. The Bertz CT molecular complexity index is 236. The molecule has 9 heteroatoms. The van der Waals surface area contributed by atoms with Crippen molar-refractivity contribution in [3.05, 3.63) is 0 Å². The topological polar surface area (TPSA) is 141 Å². The molecule has 7 nitrogen and oxygen atoms in total. The molecule has 0 aromatic carbocycles. The molecule has 0 bridgehead atoms. The van der Waals surface area contributed by atoms with Gasteiger partial charge in [0, 0.05) is 24.8 Å². The summed E-state index contributed by atoms with van der Waals surface area (Å²) in [5, 5.41) is 38.9. The molecule has 0 heterocycles. The molecule has 0 saturated carbocycles. The van der Waals surface area contributed by atoms with E-state index in [9.17, 15) is 29.7 Å². The second-order valence-corrected chi connectivity index (χ2v) is 2.42. The van der Waals surface area contributed by atoms with Crippen molar-refractivity contribution in [3.8, 4) is 0 Å². The zero-order valence-electron chi connectivity index (χ0n) is 7.73. The monoisotopic (exact) mass is 417 g/mol. The fraction of sp³-hybridized carbons (Fsp3) is 0.500. The Morgan fingerprint density at radius 3 is 1.33 bits per heavy atom. The fourth-order valence-corrected chi connectivity index (χ4v) is 0.684. The summed E-state index contributed by atoms with van der Waals surface area (Å²) in [6.45, 7) is 0. The average molecular weight is 414 g/mol. The van der Waals surface area contributed by atoms with Gasteiger partial charge in [-0.3, -0.25) is 0 Å². The molecular formula is C6H5Cd2O7+.